The van der Waals surface area contributed by atoms with Crippen LogP contribution in [0.3, 0.4) is 0 Å². The number of aromatic nitrogens is 2. The van der Waals surface area contributed by atoms with Crippen LogP contribution in [0.4, 0.5) is 0 Å². The molecule has 0 bridgehead atoms. The number of carbonyl (C=O) groups is 1. The number of hydrogen-bond donors (Lipinski definition) is 1. The highest BCUT2D eigenvalue weighted by Crippen LogP contribution is 2.28. The third-order valence-electron chi connectivity index (χ3n) is 4.40. The van der Waals surface area contributed by atoms with Crippen LogP contribution < -0.4 is 10.1 Å². The van der Waals surface area contributed by atoms with Crippen molar-refractivity contribution in [2.45, 2.75) is 25.6 Å². The Morgan fingerprint density at radius 1 is 1.12 bits per heavy atom. The number of fused-ring (bicyclic) bond motifs is 1. The number of hydrogen-bond acceptors (Lipinski definition) is 3. The summed E-state index contributed by atoms with van der Waals surface area (Å²) in [6, 6.07) is 17.8. The average Bonchev–Trinajstić information content (AvgIpc) is 3.30. The van der Waals surface area contributed by atoms with E-state index in [-0.39, 0.29) is 5.91 Å². The molecular weight excluding hydrogens is 314 g/mol. The molecule has 1 aliphatic heterocycles. The summed E-state index contributed by atoms with van der Waals surface area (Å²) in [5, 5.41) is 7.25. The Bertz CT molecular complexity index is 849. The lowest BCUT2D eigenvalue weighted by atomic mass is 10.1. The highest BCUT2D eigenvalue weighted by molar-refractivity contribution is 5.82. The second kappa shape index (κ2) is 6.81. The van der Waals surface area contributed by atoms with E-state index in [4.69, 9.17) is 4.74 Å². The Hall–Kier alpha value is -3.08. The van der Waals surface area contributed by atoms with E-state index in [9.17, 15) is 4.79 Å². The first-order valence-electron chi connectivity index (χ1n) is 8.36. The summed E-state index contributed by atoms with van der Waals surface area (Å²) in [6.07, 6.45) is 3.87. The first kappa shape index (κ1) is 15.4. The molecular formula is C20H19N3O2. The maximum absolute atomic E-state index is 12.5. The monoisotopic (exact) mass is 333 g/mol. The van der Waals surface area contributed by atoms with Crippen molar-refractivity contribution in [1.29, 1.82) is 0 Å². The van der Waals surface area contributed by atoms with E-state index in [1.165, 1.54) is 0 Å². The fourth-order valence-corrected chi connectivity index (χ4v) is 3.08. The molecule has 5 heteroatoms. The molecule has 0 saturated heterocycles. The maximum Gasteiger partial charge on any atom is 0.261 e. The van der Waals surface area contributed by atoms with Crippen molar-refractivity contribution in [2.24, 2.45) is 0 Å². The predicted octanol–water partition coefficient (Wildman–Crippen LogP) is 2.55. The molecule has 2 heterocycles. The summed E-state index contributed by atoms with van der Waals surface area (Å²) in [5.74, 6) is 0.729. The first-order chi connectivity index (χ1) is 12.3. The average molecular weight is 333 g/mol. The van der Waals surface area contributed by atoms with Crippen LogP contribution in [0.25, 0.3) is 0 Å². The minimum Gasteiger partial charge on any atom is -0.480 e. The Balaban J connectivity index is 1.40. The van der Waals surface area contributed by atoms with Crippen molar-refractivity contribution in [3.05, 3.63) is 83.7 Å². The SMILES string of the molecule is O=C(NCc1ccccc1Cn1cccn1)[C@@H]1Cc2ccccc2O1. The van der Waals surface area contributed by atoms with Crippen molar-refractivity contribution >= 4 is 5.91 Å². The molecule has 25 heavy (non-hydrogen) atoms. The van der Waals surface area contributed by atoms with E-state index in [2.05, 4.69) is 16.5 Å². The molecule has 126 valence electrons. The summed E-state index contributed by atoms with van der Waals surface area (Å²) >= 11 is 0. The molecule has 0 spiro atoms. The van der Waals surface area contributed by atoms with Gasteiger partial charge in [-0.3, -0.25) is 9.48 Å². The number of amides is 1. The molecule has 0 unspecified atom stereocenters. The van der Waals surface area contributed by atoms with Gasteiger partial charge in [0.25, 0.3) is 5.91 Å². The normalized spacial score (nSPS) is 15.4. The molecule has 4 rings (SSSR count). The standard InChI is InChI=1S/C20H19N3O2/c24-20(19-12-15-6-3-4-9-18(15)25-19)21-13-16-7-1-2-8-17(16)14-23-11-5-10-22-23/h1-11,19H,12-14H2,(H,21,24)/t19-/m0/s1. The number of nitrogens with zero attached hydrogens (tertiary/aromatic N) is 2. The molecule has 5 nitrogen and oxygen atoms in total. The van der Waals surface area contributed by atoms with Gasteiger partial charge in [-0.15, -0.1) is 0 Å². The van der Waals surface area contributed by atoms with Crippen LogP contribution in [-0.4, -0.2) is 21.8 Å². The number of rotatable bonds is 5. The van der Waals surface area contributed by atoms with Gasteiger partial charge in [0.1, 0.15) is 5.75 Å². The predicted molar refractivity (Wildman–Crippen MR) is 94.2 cm³/mol. The van der Waals surface area contributed by atoms with Gasteiger partial charge >= 0.3 is 0 Å². The lowest BCUT2D eigenvalue weighted by Gasteiger charge is -2.14. The molecule has 0 aliphatic carbocycles. The number of para-hydroxylation sites is 1. The van der Waals surface area contributed by atoms with E-state index in [0.29, 0.717) is 19.5 Å². The van der Waals surface area contributed by atoms with Crippen LogP contribution in [0.2, 0.25) is 0 Å². The van der Waals surface area contributed by atoms with E-state index in [1.54, 1.807) is 6.20 Å². The van der Waals surface area contributed by atoms with Crippen molar-refractivity contribution < 1.29 is 9.53 Å². The largest absolute Gasteiger partial charge is 0.480 e. The Kier molecular flexibility index (Phi) is 4.21. The van der Waals surface area contributed by atoms with E-state index < -0.39 is 6.10 Å². The molecule has 1 amide bonds. The maximum atomic E-state index is 12.5. The zero-order valence-electron chi connectivity index (χ0n) is 13.8. The minimum absolute atomic E-state index is 0.0786. The van der Waals surface area contributed by atoms with Crippen LogP contribution in [-0.2, 0) is 24.3 Å². The molecule has 2 aromatic carbocycles. The molecule has 0 radical (unpaired) electrons. The quantitative estimate of drug-likeness (QED) is 0.781. The van der Waals surface area contributed by atoms with Gasteiger partial charge in [0.05, 0.1) is 6.54 Å². The van der Waals surface area contributed by atoms with Crippen LogP contribution >= 0.6 is 0 Å². The second-order valence-corrected chi connectivity index (χ2v) is 6.11. The molecule has 1 aliphatic rings. The van der Waals surface area contributed by atoms with Crippen LogP contribution in [0, 0.1) is 0 Å². The van der Waals surface area contributed by atoms with E-state index in [0.717, 1.165) is 22.4 Å². The zero-order chi connectivity index (χ0) is 17.1. The fourth-order valence-electron chi connectivity index (χ4n) is 3.08. The van der Waals surface area contributed by atoms with E-state index in [1.807, 2.05) is 59.4 Å². The fraction of sp³-hybridized carbons (Fsp3) is 0.200. The second-order valence-electron chi connectivity index (χ2n) is 6.11. The van der Waals surface area contributed by atoms with Gasteiger partial charge in [-0.25, -0.2) is 0 Å². The Morgan fingerprint density at radius 3 is 2.72 bits per heavy atom. The zero-order valence-corrected chi connectivity index (χ0v) is 13.8. The number of carbonyl (C=O) groups excluding carboxylic acids is 1. The minimum atomic E-state index is -0.448. The summed E-state index contributed by atoms with van der Waals surface area (Å²) < 4.78 is 7.62. The van der Waals surface area contributed by atoms with E-state index >= 15 is 0 Å². The molecule has 1 atom stereocenters. The molecule has 1 N–H and O–H groups in total. The number of nitrogens with one attached hydrogen (secondary N) is 1. The summed E-state index contributed by atoms with van der Waals surface area (Å²) in [5.41, 5.74) is 3.31. The number of benzene rings is 2. The van der Waals surface area contributed by atoms with Gasteiger partial charge in [0.15, 0.2) is 6.10 Å². The highest BCUT2D eigenvalue weighted by atomic mass is 16.5. The highest BCUT2D eigenvalue weighted by Gasteiger charge is 2.28. The van der Waals surface area contributed by atoms with Crippen molar-refractivity contribution in [1.82, 2.24) is 15.1 Å². The molecule has 0 fully saturated rings. The van der Waals surface area contributed by atoms with Crippen LogP contribution in [0.1, 0.15) is 16.7 Å². The van der Waals surface area contributed by atoms with Crippen molar-refractivity contribution in [3.63, 3.8) is 0 Å². The van der Waals surface area contributed by atoms with Gasteiger partial charge in [-0.2, -0.15) is 5.10 Å². The van der Waals surface area contributed by atoms with Crippen LogP contribution in [0.15, 0.2) is 67.0 Å². The molecule has 0 saturated carbocycles. The lowest BCUT2D eigenvalue weighted by molar-refractivity contribution is -0.127. The first-order valence-corrected chi connectivity index (χ1v) is 8.36. The third kappa shape index (κ3) is 3.40. The van der Waals surface area contributed by atoms with Gasteiger partial charge in [-0.1, -0.05) is 42.5 Å². The number of ether oxygens (including phenoxy) is 1. The molecule has 3 aromatic rings. The van der Waals surface area contributed by atoms with Gasteiger partial charge in [-0.05, 0) is 28.8 Å². The summed E-state index contributed by atoms with van der Waals surface area (Å²) in [7, 11) is 0. The van der Waals surface area contributed by atoms with Gasteiger partial charge in [0, 0.05) is 25.4 Å². The molecule has 1 aromatic heterocycles. The summed E-state index contributed by atoms with van der Waals surface area (Å²) in [4.78, 5) is 12.5. The summed E-state index contributed by atoms with van der Waals surface area (Å²) in [6.45, 7) is 1.16. The Morgan fingerprint density at radius 2 is 1.92 bits per heavy atom. The Labute approximate surface area is 146 Å². The van der Waals surface area contributed by atoms with Gasteiger partial charge in [0.2, 0.25) is 0 Å². The topological polar surface area (TPSA) is 56.2 Å². The van der Waals surface area contributed by atoms with Crippen molar-refractivity contribution in [3.8, 4) is 5.75 Å². The van der Waals surface area contributed by atoms with Crippen molar-refractivity contribution in [2.75, 3.05) is 0 Å². The third-order valence-corrected chi connectivity index (χ3v) is 4.40. The van der Waals surface area contributed by atoms with Crippen LogP contribution in [0.5, 0.6) is 5.75 Å². The lowest BCUT2D eigenvalue weighted by Crippen LogP contribution is -2.37. The van der Waals surface area contributed by atoms with Gasteiger partial charge < -0.3 is 10.1 Å². The smallest absolute Gasteiger partial charge is 0.261 e.